The number of hydrogen-bond acceptors (Lipinski definition) is 8. The molecule has 1 amide bonds. The largest absolute Gasteiger partial charge is 0.359 e. The van der Waals surface area contributed by atoms with Gasteiger partial charge in [0.15, 0.2) is 5.82 Å². The molecule has 0 aliphatic carbocycles. The fraction of sp³-hybridized carbons (Fsp3) is 0.385. The lowest BCUT2D eigenvalue weighted by Crippen LogP contribution is -2.20. The first kappa shape index (κ1) is 24.7. The second kappa shape index (κ2) is 9.81. The van der Waals surface area contributed by atoms with Crippen molar-refractivity contribution in [2.75, 3.05) is 18.4 Å². The Morgan fingerprint density at radius 2 is 2.05 bits per heavy atom. The number of aryl methyl sites for hydroxylation is 1. The predicted molar refractivity (Wildman–Crippen MR) is 135 cm³/mol. The zero-order chi connectivity index (χ0) is 26.2. The molecule has 1 saturated heterocycles. The Labute approximate surface area is 213 Å². The molecule has 11 heteroatoms. The van der Waals surface area contributed by atoms with E-state index < -0.39 is 6.17 Å². The highest BCUT2D eigenvalue weighted by Gasteiger charge is 2.23. The van der Waals surface area contributed by atoms with E-state index in [2.05, 4.69) is 35.7 Å². The molecular formula is C26H29FN8O2. The highest BCUT2D eigenvalue weighted by Crippen LogP contribution is 2.25. The molecule has 0 unspecified atom stereocenters. The van der Waals surface area contributed by atoms with Gasteiger partial charge in [0.05, 0.1) is 23.1 Å². The van der Waals surface area contributed by atoms with Crippen LogP contribution >= 0.6 is 0 Å². The molecule has 192 valence electrons. The van der Waals surface area contributed by atoms with Crippen LogP contribution in [0.25, 0.3) is 16.9 Å². The number of pyridine rings is 2. The van der Waals surface area contributed by atoms with E-state index in [-0.39, 0.29) is 11.3 Å². The highest BCUT2D eigenvalue weighted by atomic mass is 19.1. The van der Waals surface area contributed by atoms with Crippen LogP contribution in [0, 0.1) is 6.92 Å². The summed E-state index contributed by atoms with van der Waals surface area (Å²) in [5, 5.41) is 15.3. The number of likely N-dealkylation sites (tertiary alicyclic amines) is 1. The molecule has 5 heterocycles. The van der Waals surface area contributed by atoms with Crippen LogP contribution in [-0.2, 0) is 12.0 Å². The van der Waals surface area contributed by atoms with Gasteiger partial charge in [-0.25, -0.2) is 9.07 Å². The molecule has 5 rings (SSSR count). The maximum absolute atomic E-state index is 13.5. The Bertz CT molecular complexity index is 1420. The Balaban J connectivity index is 1.33. The zero-order valence-electron chi connectivity index (χ0n) is 21.3. The molecule has 10 nitrogen and oxygen atoms in total. The normalized spacial score (nSPS) is 16.3. The third-order valence-corrected chi connectivity index (χ3v) is 6.27. The van der Waals surface area contributed by atoms with E-state index in [9.17, 15) is 9.18 Å². The number of alkyl halides is 1. The molecule has 1 N–H and O–H groups in total. The second-order valence-corrected chi connectivity index (χ2v) is 10.4. The van der Waals surface area contributed by atoms with Crippen molar-refractivity contribution in [3.8, 4) is 16.9 Å². The third kappa shape index (κ3) is 5.56. The summed E-state index contributed by atoms with van der Waals surface area (Å²) in [4.78, 5) is 23.7. The van der Waals surface area contributed by atoms with Gasteiger partial charge in [-0.2, -0.15) is 0 Å². The van der Waals surface area contributed by atoms with Crippen LogP contribution in [-0.4, -0.2) is 60.2 Å². The molecule has 0 aromatic carbocycles. The van der Waals surface area contributed by atoms with Gasteiger partial charge >= 0.3 is 0 Å². The van der Waals surface area contributed by atoms with Crippen LogP contribution in [0.15, 0.2) is 47.5 Å². The van der Waals surface area contributed by atoms with Gasteiger partial charge in [0.25, 0.3) is 5.91 Å². The van der Waals surface area contributed by atoms with Crippen molar-refractivity contribution in [2.24, 2.45) is 0 Å². The minimum absolute atomic E-state index is 0.222. The summed E-state index contributed by atoms with van der Waals surface area (Å²) in [6.45, 7) is 9.67. The first-order valence-electron chi connectivity index (χ1n) is 12.1. The number of carbonyl (C=O) groups is 1. The van der Waals surface area contributed by atoms with E-state index in [0.717, 1.165) is 17.7 Å². The molecular weight excluding hydrogens is 475 g/mol. The van der Waals surface area contributed by atoms with Gasteiger partial charge in [0.1, 0.15) is 17.6 Å². The van der Waals surface area contributed by atoms with Crippen molar-refractivity contribution >= 4 is 11.7 Å². The molecule has 1 aliphatic heterocycles. The summed E-state index contributed by atoms with van der Waals surface area (Å²) in [6, 6.07) is 5.41. The predicted octanol–water partition coefficient (Wildman–Crippen LogP) is 4.11. The quantitative estimate of drug-likeness (QED) is 0.417. The number of amides is 1. The zero-order valence-corrected chi connectivity index (χ0v) is 21.3. The lowest BCUT2D eigenvalue weighted by molar-refractivity contribution is 0.102. The third-order valence-electron chi connectivity index (χ3n) is 6.27. The lowest BCUT2D eigenvalue weighted by Gasteiger charge is -2.14. The van der Waals surface area contributed by atoms with E-state index in [1.54, 1.807) is 35.4 Å². The number of halogens is 1. The number of anilines is 1. The van der Waals surface area contributed by atoms with Crippen molar-refractivity contribution in [3.63, 3.8) is 0 Å². The van der Waals surface area contributed by atoms with E-state index in [0.29, 0.717) is 53.7 Å². The highest BCUT2D eigenvalue weighted by molar-refractivity contribution is 6.03. The van der Waals surface area contributed by atoms with Gasteiger partial charge in [-0.05, 0) is 31.0 Å². The minimum Gasteiger partial charge on any atom is -0.359 e. The minimum atomic E-state index is -0.761. The van der Waals surface area contributed by atoms with Crippen molar-refractivity contribution in [3.05, 3.63) is 65.6 Å². The average Bonchev–Trinajstić information content (AvgIpc) is 3.61. The van der Waals surface area contributed by atoms with Gasteiger partial charge in [0, 0.05) is 55.3 Å². The van der Waals surface area contributed by atoms with Crippen LogP contribution in [0.5, 0.6) is 0 Å². The number of aromatic nitrogens is 6. The van der Waals surface area contributed by atoms with Gasteiger partial charge < -0.3 is 9.84 Å². The fourth-order valence-electron chi connectivity index (χ4n) is 4.17. The Morgan fingerprint density at radius 1 is 1.22 bits per heavy atom. The summed E-state index contributed by atoms with van der Waals surface area (Å²) in [6.07, 6.45) is 6.59. The molecule has 1 fully saturated rings. The number of nitrogens with zero attached hydrogens (tertiary/aromatic N) is 7. The number of nitrogens with one attached hydrogen (secondary N) is 1. The number of carbonyl (C=O) groups excluding carboxylic acids is 1. The van der Waals surface area contributed by atoms with E-state index in [4.69, 9.17) is 4.52 Å². The SMILES string of the molecule is Cc1ncc(C(=O)Nc2cc(C(C)(C)C)on2)cc1-n1cc(-c2cncc(CN3CC[C@H](F)C3)c2)nn1. The lowest BCUT2D eigenvalue weighted by atomic mass is 9.93. The summed E-state index contributed by atoms with van der Waals surface area (Å²) < 4.78 is 20.5. The van der Waals surface area contributed by atoms with E-state index in [1.165, 1.54) is 6.20 Å². The maximum atomic E-state index is 13.5. The fourth-order valence-corrected chi connectivity index (χ4v) is 4.17. The van der Waals surface area contributed by atoms with Gasteiger partial charge in [-0.3, -0.25) is 19.7 Å². The van der Waals surface area contributed by atoms with Crippen LogP contribution < -0.4 is 5.32 Å². The Kier molecular flexibility index (Phi) is 6.55. The van der Waals surface area contributed by atoms with Crippen LogP contribution in [0.1, 0.15) is 54.6 Å². The molecule has 0 saturated carbocycles. The van der Waals surface area contributed by atoms with Crippen LogP contribution in [0.4, 0.5) is 10.2 Å². The van der Waals surface area contributed by atoms with Crippen molar-refractivity contribution in [2.45, 2.75) is 52.2 Å². The van der Waals surface area contributed by atoms with Crippen molar-refractivity contribution in [1.29, 1.82) is 0 Å². The molecule has 1 atom stereocenters. The van der Waals surface area contributed by atoms with Crippen LogP contribution in [0.2, 0.25) is 0 Å². The summed E-state index contributed by atoms with van der Waals surface area (Å²) >= 11 is 0. The monoisotopic (exact) mass is 504 g/mol. The van der Waals surface area contributed by atoms with Gasteiger partial charge in [-0.1, -0.05) is 31.1 Å². The topological polar surface area (TPSA) is 115 Å². The molecule has 0 spiro atoms. The summed E-state index contributed by atoms with van der Waals surface area (Å²) in [5.74, 6) is 0.645. The molecule has 37 heavy (non-hydrogen) atoms. The van der Waals surface area contributed by atoms with Gasteiger partial charge in [0.2, 0.25) is 0 Å². The maximum Gasteiger partial charge on any atom is 0.258 e. The van der Waals surface area contributed by atoms with E-state index >= 15 is 0 Å². The van der Waals surface area contributed by atoms with Gasteiger partial charge in [-0.15, -0.1) is 5.10 Å². The first-order chi connectivity index (χ1) is 17.7. The second-order valence-electron chi connectivity index (χ2n) is 10.4. The van der Waals surface area contributed by atoms with Crippen LogP contribution in [0.3, 0.4) is 0 Å². The first-order valence-corrected chi connectivity index (χ1v) is 12.1. The van der Waals surface area contributed by atoms with Crippen molar-refractivity contribution < 1.29 is 13.7 Å². The smallest absolute Gasteiger partial charge is 0.258 e. The Hall–Kier alpha value is -3.99. The summed E-state index contributed by atoms with van der Waals surface area (Å²) in [5.41, 5.74) is 3.85. The van der Waals surface area contributed by atoms with E-state index in [1.807, 2.05) is 33.8 Å². The molecule has 0 radical (unpaired) electrons. The average molecular weight is 505 g/mol. The number of rotatable bonds is 6. The summed E-state index contributed by atoms with van der Waals surface area (Å²) in [7, 11) is 0. The Morgan fingerprint density at radius 3 is 2.78 bits per heavy atom. The standard InChI is InChI=1S/C26H29FN8O2/c1-16-22(8-19(12-29-16)25(36)30-24-9-23(37-32-24)26(2,3)4)35-15-21(31-33-35)18-7-17(10-28-11-18)13-34-6-5-20(27)14-34/h7-12,15,20H,5-6,13-14H2,1-4H3,(H,30,32,36)/t20-/m0/s1. The molecule has 4 aromatic rings. The molecule has 4 aromatic heterocycles. The number of hydrogen-bond donors (Lipinski definition) is 1. The van der Waals surface area contributed by atoms with Crippen molar-refractivity contribution in [1.82, 2.24) is 35.0 Å². The molecule has 1 aliphatic rings. The molecule has 0 bridgehead atoms.